The van der Waals surface area contributed by atoms with Gasteiger partial charge in [-0.1, -0.05) is 36.8 Å². The summed E-state index contributed by atoms with van der Waals surface area (Å²) in [6.45, 7) is 3.70. The minimum absolute atomic E-state index is 0.217. The van der Waals surface area contributed by atoms with Gasteiger partial charge in [0.1, 0.15) is 5.60 Å². The summed E-state index contributed by atoms with van der Waals surface area (Å²) in [6, 6.07) is 10.6. The summed E-state index contributed by atoms with van der Waals surface area (Å²) in [5.74, 6) is 0. The summed E-state index contributed by atoms with van der Waals surface area (Å²) in [7, 11) is 0. The van der Waals surface area contributed by atoms with Crippen molar-refractivity contribution in [1.29, 1.82) is 0 Å². The lowest BCUT2D eigenvalue weighted by Crippen LogP contribution is -2.51. The van der Waals surface area contributed by atoms with E-state index in [1.165, 1.54) is 18.4 Å². The van der Waals surface area contributed by atoms with Gasteiger partial charge in [0, 0.05) is 32.2 Å². The third kappa shape index (κ3) is 5.42. The molecule has 3 N–H and O–H groups in total. The third-order valence-electron chi connectivity index (χ3n) is 5.14. The molecule has 138 valence electrons. The average Bonchev–Trinajstić information content (AvgIpc) is 3.07. The normalized spacial score (nSPS) is 27.2. The molecule has 0 saturated carbocycles. The van der Waals surface area contributed by atoms with Crippen LogP contribution in [0, 0.1) is 0 Å². The minimum Gasteiger partial charge on any atom is -0.386 e. The monoisotopic (exact) mass is 347 g/mol. The first-order chi connectivity index (χ1) is 12.1. The second kappa shape index (κ2) is 8.65. The van der Waals surface area contributed by atoms with E-state index in [2.05, 4.69) is 39.8 Å². The summed E-state index contributed by atoms with van der Waals surface area (Å²) < 4.78 is 5.19. The molecule has 2 aliphatic heterocycles. The van der Waals surface area contributed by atoms with E-state index in [4.69, 9.17) is 4.74 Å². The lowest BCUT2D eigenvalue weighted by Gasteiger charge is -2.36. The lowest BCUT2D eigenvalue weighted by molar-refractivity contribution is 0.0291. The molecule has 0 spiro atoms. The number of nitrogens with zero attached hydrogens (tertiary/aromatic N) is 1. The summed E-state index contributed by atoms with van der Waals surface area (Å²) in [6.07, 6.45) is 4.09. The fourth-order valence-electron chi connectivity index (χ4n) is 3.57. The molecule has 2 aliphatic rings. The van der Waals surface area contributed by atoms with Crippen LogP contribution in [0.2, 0.25) is 0 Å². The molecule has 0 aliphatic carbocycles. The topological polar surface area (TPSA) is 73.8 Å². The largest absolute Gasteiger partial charge is 0.386 e. The van der Waals surface area contributed by atoms with E-state index in [1.54, 1.807) is 0 Å². The molecular formula is C19H29N3O3. The molecule has 2 saturated heterocycles. The van der Waals surface area contributed by atoms with Crippen molar-refractivity contribution in [2.45, 2.75) is 43.9 Å². The Morgan fingerprint density at radius 2 is 2.12 bits per heavy atom. The van der Waals surface area contributed by atoms with Crippen molar-refractivity contribution >= 4 is 6.03 Å². The number of hydrogen-bond acceptors (Lipinski definition) is 4. The number of likely N-dealkylation sites (tertiary alicyclic amines) is 1. The van der Waals surface area contributed by atoms with Crippen LogP contribution in [0.25, 0.3) is 0 Å². The second-order valence-corrected chi connectivity index (χ2v) is 7.20. The van der Waals surface area contributed by atoms with Gasteiger partial charge in [0.2, 0.25) is 0 Å². The highest BCUT2D eigenvalue weighted by Crippen LogP contribution is 2.19. The van der Waals surface area contributed by atoms with Crippen molar-refractivity contribution in [1.82, 2.24) is 15.5 Å². The third-order valence-corrected chi connectivity index (χ3v) is 5.14. The van der Waals surface area contributed by atoms with Gasteiger partial charge in [0.25, 0.3) is 0 Å². The van der Waals surface area contributed by atoms with Crippen LogP contribution in [0.5, 0.6) is 0 Å². The standard InChI is InChI=1S/C19H29N3O3/c23-18(21-14-19(24)9-11-25-15-19)20-12-17-8-4-5-10-22(17)13-16-6-2-1-3-7-16/h1-3,6-7,17,24H,4-5,8-15H2,(H2,20,21,23)/t17-,19+/m1/s1. The van der Waals surface area contributed by atoms with E-state index in [0.717, 1.165) is 19.5 Å². The Hall–Kier alpha value is -1.63. The number of ether oxygens (including phenoxy) is 1. The smallest absolute Gasteiger partial charge is 0.314 e. The molecule has 6 heteroatoms. The maximum atomic E-state index is 12.1. The summed E-state index contributed by atoms with van der Waals surface area (Å²) in [5, 5.41) is 15.9. The predicted octanol–water partition coefficient (Wildman–Crippen LogP) is 1.49. The van der Waals surface area contributed by atoms with Crippen LogP contribution in [-0.4, -0.2) is 60.5 Å². The Bertz CT molecular complexity index is 546. The molecule has 3 rings (SSSR count). The van der Waals surface area contributed by atoms with Gasteiger partial charge >= 0.3 is 6.03 Å². The molecule has 1 aromatic rings. The van der Waals surface area contributed by atoms with Crippen LogP contribution in [-0.2, 0) is 11.3 Å². The lowest BCUT2D eigenvalue weighted by atomic mass is 10.0. The molecule has 0 unspecified atom stereocenters. The molecular weight excluding hydrogens is 318 g/mol. The quantitative estimate of drug-likeness (QED) is 0.729. The van der Waals surface area contributed by atoms with E-state index in [1.807, 2.05) is 6.07 Å². The van der Waals surface area contributed by atoms with Gasteiger partial charge in [0.15, 0.2) is 0 Å². The average molecular weight is 347 g/mol. The molecule has 2 fully saturated rings. The molecule has 0 aromatic heterocycles. The van der Waals surface area contributed by atoms with Crippen molar-refractivity contribution in [2.24, 2.45) is 0 Å². The van der Waals surface area contributed by atoms with Crippen molar-refractivity contribution in [3.05, 3.63) is 35.9 Å². The van der Waals surface area contributed by atoms with Gasteiger partial charge in [-0.05, 0) is 24.9 Å². The number of amides is 2. The minimum atomic E-state index is -0.915. The van der Waals surface area contributed by atoms with Crippen LogP contribution >= 0.6 is 0 Å². The molecule has 2 amide bonds. The molecule has 2 heterocycles. The van der Waals surface area contributed by atoms with E-state index in [-0.39, 0.29) is 12.6 Å². The number of piperidine rings is 1. The number of rotatable bonds is 6. The van der Waals surface area contributed by atoms with Crippen molar-refractivity contribution < 1.29 is 14.6 Å². The molecule has 1 aromatic carbocycles. The summed E-state index contributed by atoms with van der Waals surface area (Å²) in [4.78, 5) is 14.5. The number of hydrogen-bond donors (Lipinski definition) is 3. The van der Waals surface area contributed by atoms with Gasteiger partial charge in [0.05, 0.1) is 13.2 Å². The van der Waals surface area contributed by atoms with Gasteiger partial charge < -0.3 is 20.5 Å². The van der Waals surface area contributed by atoms with E-state index in [0.29, 0.717) is 32.2 Å². The molecule has 2 atom stereocenters. The predicted molar refractivity (Wildman–Crippen MR) is 96.3 cm³/mol. The number of urea groups is 1. The zero-order valence-electron chi connectivity index (χ0n) is 14.7. The maximum Gasteiger partial charge on any atom is 0.314 e. The number of benzene rings is 1. The molecule has 0 radical (unpaired) electrons. The zero-order valence-corrected chi connectivity index (χ0v) is 14.7. The van der Waals surface area contributed by atoms with Gasteiger partial charge in [-0.2, -0.15) is 0 Å². The highest BCUT2D eigenvalue weighted by molar-refractivity contribution is 5.73. The number of carbonyl (C=O) groups excluding carboxylic acids is 1. The number of carbonyl (C=O) groups is 1. The van der Waals surface area contributed by atoms with Gasteiger partial charge in [-0.25, -0.2) is 4.79 Å². The Morgan fingerprint density at radius 1 is 1.28 bits per heavy atom. The fraction of sp³-hybridized carbons (Fsp3) is 0.632. The number of aliphatic hydroxyl groups is 1. The van der Waals surface area contributed by atoms with Gasteiger partial charge in [-0.3, -0.25) is 4.90 Å². The van der Waals surface area contributed by atoms with Crippen LogP contribution in [0.15, 0.2) is 30.3 Å². The Balaban J connectivity index is 1.44. The summed E-state index contributed by atoms with van der Waals surface area (Å²) in [5.41, 5.74) is 0.393. The number of nitrogens with one attached hydrogen (secondary N) is 2. The van der Waals surface area contributed by atoms with Crippen LogP contribution in [0.4, 0.5) is 4.79 Å². The highest BCUT2D eigenvalue weighted by atomic mass is 16.5. The Morgan fingerprint density at radius 3 is 2.88 bits per heavy atom. The zero-order chi connectivity index (χ0) is 17.5. The Kier molecular flexibility index (Phi) is 6.29. The van der Waals surface area contributed by atoms with Crippen molar-refractivity contribution in [2.75, 3.05) is 32.8 Å². The molecule has 25 heavy (non-hydrogen) atoms. The van der Waals surface area contributed by atoms with Crippen LogP contribution < -0.4 is 10.6 Å². The van der Waals surface area contributed by atoms with Crippen molar-refractivity contribution in [3.63, 3.8) is 0 Å². The molecule has 0 bridgehead atoms. The van der Waals surface area contributed by atoms with E-state index in [9.17, 15) is 9.90 Å². The first kappa shape index (κ1) is 18.2. The summed E-state index contributed by atoms with van der Waals surface area (Å²) >= 11 is 0. The van der Waals surface area contributed by atoms with Crippen LogP contribution in [0.1, 0.15) is 31.2 Å². The maximum absolute atomic E-state index is 12.1. The van der Waals surface area contributed by atoms with Crippen LogP contribution in [0.3, 0.4) is 0 Å². The Labute approximate surface area is 149 Å². The fourth-order valence-corrected chi connectivity index (χ4v) is 3.57. The SMILES string of the molecule is O=C(NC[C@H]1CCCCN1Cc1ccccc1)NC[C@@]1(O)CCOC1. The first-order valence-electron chi connectivity index (χ1n) is 9.24. The van der Waals surface area contributed by atoms with E-state index < -0.39 is 5.60 Å². The first-order valence-corrected chi connectivity index (χ1v) is 9.24. The highest BCUT2D eigenvalue weighted by Gasteiger charge is 2.32. The molecule has 6 nitrogen and oxygen atoms in total. The second-order valence-electron chi connectivity index (χ2n) is 7.20. The van der Waals surface area contributed by atoms with E-state index >= 15 is 0 Å². The van der Waals surface area contributed by atoms with Gasteiger partial charge in [-0.15, -0.1) is 0 Å². The van der Waals surface area contributed by atoms with Crippen molar-refractivity contribution in [3.8, 4) is 0 Å².